The van der Waals surface area contributed by atoms with Gasteiger partial charge in [-0.25, -0.2) is 0 Å². The molecule has 0 unspecified atom stereocenters. The lowest BCUT2D eigenvalue weighted by Gasteiger charge is -2.26. The van der Waals surface area contributed by atoms with Gasteiger partial charge >= 0.3 is 0 Å². The number of rotatable bonds is 10. The summed E-state index contributed by atoms with van der Waals surface area (Å²) in [6, 6.07) is 22.8. The first-order valence-electron chi connectivity index (χ1n) is 10.8. The quantitative estimate of drug-likeness (QED) is 0.433. The molecule has 1 heterocycles. The molecule has 0 saturated carbocycles. The summed E-state index contributed by atoms with van der Waals surface area (Å²) in [5, 5.41) is 3.43. The van der Waals surface area contributed by atoms with Crippen molar-refractivity contribution in [2.75, 3.05) is 13.7 Å². The molecule has 0 amide bonds. The van der Waals surface area contributed by atoms with Gasteiger partial charge in [0.2, 0.25) is 5.72 Å². The Morgan fingerprint density at radius 2 is 1.73 bits per heavy atom. The first kappa shape index (κ1) is 22.3. The zero-order valence-corrected chi connectivity index (χ0v) is 18.7. The first-order chi connectivity index (χ1) is 16.1. The van der Waals surface area contributed by atoms with E-state index >= 15 is 0 Å². The molecule has 3 aromatic carbocycles. The first-order valence-corrected chi connectivity index (χ1v) is 10.8. The Morgan fingerprint density at radius 1 is 0.970 bits per heavy atom. The minimum Gasteiger partial charge on any atom is -0.497 e. The SMILES string of the molecule is COc1ccc(COc2cc(OCCC3=CO[C@@](C)(c4ccccc4)N3)ccc2C=O)cc1. The van der Waals surface area contributed by atoms with Crippen molar-refractivity contribution in [2.24, 2.45) is 0 Å². The van der Waals surface area contributed by atoms with Crippen molar-refractivity contribution in [2.45, 2.75) is 25.7 Å². The zero-order valence-electron chi connectivity index (χ0n) is 18.7. The van der Waals surface area contributed by atoms with Crippen LogP contribution in [-0.4, -0.2) is 20.0 Å². The summed E-state index contributed by atoms with van der Waals surface area (Å²) in [5.41, 5.74) is 2.88. The summed E-state index contributed by atoms with van der Waals surface area (Å²) < 4.78 is 22.9. The average Bonchev–Trinajstić information content (AvgIpc) is 3.25. The molecule has 33 heavy (non-hydrogen) atoms. The van der Waals surface area contributed by atoms with Gasteiger partial charge in [0, 0.05) is 18.1 Å². The second-order valence-corrected chi connectivity index (χ2v) is 7.84. The van der Waals surface area contributed by atoms with Crippen LogP contribution in [0.3, 0.4) is 0 Å². The molecule has 6 nitrogen and oxygen atoms in total. The van der Waals surface area contributed by atoms with Crippen LogP contribution >= 0.6 is 0 Å². The lowest BCUT2D eigenvalue weighted by atomic mass is 10.1. The van der Waals surface area contributed by atoms with Crippen molar-refractivity contribution >= 4 is 6.29 Å². The number of hydrogen-bond donors (Lipinski definition) is 1. The van der Waals surface area contributed by atoms with Crippen LogP contribution in [0.15, 0.2) is 84.8 Å². The predicted molar refractivity (Wildman–Crippen MR) is 125 cm³/mol. The van der Waals surface area contributed by atoms with E-state index in [4.69, 9.17) is 18.9 Å². The number of aldehydes is 1. The molecule has 1 atom stereocenters. The summed E-state index contributed by atoms with van der Waals surface area (Å²) >= 11 is 0. The van der Waals surface area contributed by atoms with E-state index in [-0.39, 0.29) is 0 Å². The number of hydrogen-bond acceptors (Lipinski definition) is 6. The van der Waals surface area contributed by atoms with Gasteiger partial charge in [0.1, 0.15) is 30.1 Å². The Bertz CT molecular complexity index is 1110. The van der Waals surface area contributed by atoms with Gasteiger partial charge in [-0.15, -0.1) is 0 Å². The van der Waals surface area contributed by atoms with Gasteiger partial charge in [-0.3, -0.25) is 4.79 Å². The van der Waals surface area contributed by atoms with Crippen molar-refractivity contribution in [3.63, 3.8) is 0 Å². The van der Waals surface area contributed by atoms with Crippen LogP contribution in [0, 0.1) is 0 Å². The van der Waals surface area contributed by atoms with E-state index in [1.165, 1.54) is 0 Å². The van der Waals surface area contributed by atoms with Crippen LogP contribution < -0.4 is 19.5 Å². The van der Waals surface area contributed by atoms with Gasteiger partial charge in [-0.05, 0) is 36.8 Å². The summed E-state index contributed by atoms with van der Waals surface area (Å²) in [5.74, 6) is 1.90. The zero-order chi connectivity index (χ0) is 23.1. The van der Waals surface area contributed by atoms with E-state index in [2.05, 4.69) is 5.32 Å². The fraction of sp³-hybridized carbons (Fsp3) is 0.222. The molecule has 0 aromatic heterocycles. The second-order valence-electron chi connectivity index (χ2n) is 7.84. The predicted octanol–water partition coefficient (Wildman–Crippen LogP) is 5.19. The highest BCUT2D eigenvalue weighted by atomic mass is 16.5. The van der Waals surface area contributed by atoms with E-state index in [9.17, 15) is 4.79 Å². The van der Waals surface area contributed by atoms with Gasteiger partial charge in [0.25, 0.3) is 0 Å². The summed E-state index contributed by atoms with van der Waals surface area (Å²) in [4.78, 5) is 11.4. The van der Waals surface area contributed by atoms with Crippen LogP contribution in [0.2, 0.25) is 0 Å². The molecule has 1 aliphatic heterocycles. The third kappa shape index (κ3) is 5.47. The van der Waals surface area contributed by atoms with Crippen LogP contribution in [0.1, 0.15) is 34.8 Å². The largest absolute Gasteiger partial charge is 0.497 e. The highest BCUT2D eigenvalue weighted by molar-refractivity contribution is 5.79. The molecule has 0 fully saturated rings. The molecule has 170 valence electrons. The molecular formula is C27H27NO5. The second kappa shape index (κ2) is 10.1. The van der Waals surface area contributed by atoms with Crippen molar-refractivity contribution in [1.82, 2.24) is 5.32 Å². The molecule has 0 bridgehead atoms. The fourth-order valence-electron chi connectivity index (χ4n) is 3.56. The minimum atomic E-state index is -0.579. The topological polar surface area (TPSA) is 66.0 Å². The summed E-state index contributed by atoms with van der Waals surface area (Å²) in [6.07, 6.45) is 3.18. The van der Waals surface area contributed by atoms with Crippen molar-refractivity contribution in [1.29, 1.82) is 0 Å². The maximum Gasteiger partial charge on any atom is 0.203 e. The number of carbonyl (C=O) groups is 1. The third-order valence-corrected chi connectivity index (χ3v) is 5.47. The highest BCUT2D eigenvalue weighted by Gasteiger charge is 2.32. The Morgan fingerprint density at radius 3 is 2.45 bits per heavy atom. The fourth-order valence-corrected chi connectivity index (χ4v) is 3.56. The number of nitrogens with one attached hydrogen (secondary N) is 1. The van der Waals surface area contributed by atoms with Gasteiger partial charge in [-0.1, -0.05) is 42.5 Å². The Balaban J connectivity index is 1.32. The van der Waals surface area contributed by atoms with E-state index in [1.54, 1.807) is 31.6 Å². The van der Waals surface area contributed by atoms with E-state index in [0.717, 1.165) is 28.9 Å². The third-order valence-electron chi connectivity index (χ3n) is 5.47. The van der Waals surface area contributed by atoms with E-state index in [0.29, 0.717) is 36.7 Å². The molecule has 0 spiro atoms. The molecular weight excluding hydrogens is 418 g/mol. The van der Waals surface area contributed by atoms with Crippen molar-refractivity contribution in [3.8, 4) is 17.2 Å². The normalized spacial score (nSPS) is 16.8. The molecule has 1 aliphatic rings. The van der Waals surface area contributed by atoms with Gasteiger partial charge in [0.05, 0.1) is 25.0 Å². The van der Waals surface area contributed by atoms with Gasteiger partial charge in [-0.2, -0.15) is 0 Å². The van der Waals surface area contributed by atoms with Crippen LogP contribution in [0.4, 0.5) is 0 Å². The molecule has 1 N–H and O–H groups in total. The smallest absolute Gasteiger partial charge is 0.203 e. The molecule has 6 heteroatoms. The standard InChI is InChI=1S/C27H27NO5/c1-27(22-6-4-3-5-7-22)28-23(19-33-27)14-15-31-25-13-10-21(17-29)26(16-25)32-18-20-8-11-24(30-2)12-9-20/h3-13,16-17,19,28H,14-15,18H2,1-2H3/t27-/m0/s1. The molecule has 0 radical (unpaired) electrons. The molecule has 0 aliphatic carbocycles. The Hall–Kier alpha value is -3.93. The lowest BCUT2D eigenvalue weighted by molar-refractivity contribution is 0.0391. The lowest BCUT2D eigenvalue weighted by Crippen LogP contribution is -2.35. The monoisotopic (exact) mass is 445 g/mol. The van der Waals surface area contributed by atoms with Gasteiger partial charge in [0.15, 0.2) is 6.29 Å². The molecule has 4 rings (SSSR count). The van der Waals surface area contributed by atoms with Crippen LogP contribution in [0.5, 0.6) is 17.2 Å². The molecule has 3 aromatic rings. The maximum atomic E-state index is 11.4. The van der Waals surface area contributed by atoms with Gasteiger partial charge < -0.3 is 24.3 Å². The van der Waals surface area contributed by atoms with E-state index < -0.39 is 5.72 Å². The Kier molecular flexibility index (Phi) is 6.83. The number of benzene rings is 3. The van der Waals surface area contributed by atoms with Crippen molar-refractivity contribution in [3.05, 3.63) is 101 Å². The van der Waals surface area contributed by atoms with Crippen LogP contribution in [0.25, 0.3) is 0 Å². The highest BCUT2D eigenvalue weighted by Crippen LogP contribution is 2.30. The Labute approximate surface area is 193 Å². The number of carbonyl (C=O) groups excluding carboxylic acids is 1. The van der Waals surface area contributed by atoms with Crippen molar-refractivity contribution < 1.29 is 23.7 Å². The number of ether oxygens (including phenoxy) is 4. The van der Waals surface area contributed by atoms with E-state index in [1.807, 2.05) is 61.5 Å². The molecule has 0 saturated heterocycles. The maximum absolute atomic E-state index is 11.4. The number of methoxy groups -OCH3 is 1. The summed E-state index contributed by atoms with van der Waals surface area (Å²) in [6.45, 7) is 2.78. The minimum absolute atomic E-state index is 0.334. The van der Waals surface area contributed by atoms with Crippen LogP contribution in [-0.2, 0) is 17.1 Å². The average molecular weight is 446 g/mol. The summed E-state index contributed by atoms with van der Waals surface area (Å²) in [7, 11) is 1.63.